The number of aromatic amines is 1. The smallest absolute Gasteiger partial charge is 0.310 e. The average molecular weight is 265 g/mol. The topological polar surface area (TPSA) is 42.1 Å². The van der Waals surface area contributed by atoms with E-state index in [0.29, 0.717) is 0 Å². The summed E-state index contributed by atoms with van der Waals surface area (Å²) in [7, 11) is 1.42. The van der Waals surface area contributed by atoms with E-state index >= 15 is 0 Å². The fourth-order valence-electron chi connectivity index (χ4n) is 2.45. The van der Waals surface area contributed by atoms with Gasteiger partial charge in [-0.05, 0) is 17.2 Å². The number of nitrogens with one attached hydrogen (secondary N) is 1. The summed E-state index contributed by atoms with van der Waals surface area (Å²) in [5, 5.41) is 1.07. The number of fused-ring (bicyclic) bond motifs is 1. The molecule has 1 heterocycles. The van der Waals surface area contributed by atoms with Crippen molar-refractivity contribution in [1.29, 1.82) is 0 Å². The van der Waals surface area contributed by atoms with Gasteiger partial charge in [0.2, 0.25) is 0 Å². The molecule has 3 aromatic rings. The first-order chi connectivity index (χ1) is 9.79. The number of esters is 1. The Kier molecular flexibility index (Phi) is 3.25. The Balaban J connectivity index is 2.20. The summed E-state index contributed by atoms with van der Waals surface area (Å²) in [6.45, 7) is 0. The lowest BCUT2D eigenvalue weighted by molar-refractivity contribution is -0.139. The number of para-hydroxylation sites is 1. The summed E-state index contributed by atoms with van der Waals surface area (Å²) in [5.41, 5.74) is 4.07. The van der Waals surface area contributed by atoms with Crippen LogP contribution < -0.4 is 0 Å². The predicted molar refractivity (Wildman–Crippen MR) is 79.5 cm³/mol. The summed E-state index contributed by atoms with van der Waals surface area (Å²) in [5.74, 6) is -0.230. The van der Waals surface area contributed by atoms with Crippen molar-refractivity contribution in [3.05, 3.63) is 60.2 Å². The maximum atomic E-state index is 11.7. The standard InChI is InChI=1S/C17H15NO2/c1-20-16(19)11-14-13-9-5-6-10-15(13)18-17(14)12-7-3-2-4-8-12/h2-10,18H,11H2,1H3. The van der Waals surface area contributed by atoms with Crippen LogP contribution in [0, 0.1) is 0 Å². The molecule has 0 atom stereocenters. The maximum absolute atomic E-state index is 11.7. The highest BCUT2D eigenvalue weighted by Gasteiger charge is 2.15. The number of methoxy groups -OCH3 is 1. The van der Waals surface area contributed by atoms with E-state index < -0.39 is 0 Å². The van der Waals surface area contributed by atoms with Gasteiger partial charge >= 0.3 is 5.97 Å². The molecule has 1 aromatic heterocycles. The van der Waals surface area contributed by atoms with Gasteiger partial charge in [0.1, 0.15) is 0 Å². The first kappa shape index (κ1) is 12.5. The summed E-state index contributed by atoms with van der Waals surface area (Å²) < 4.78 is 4.81. The van der Waals surface area contributed by atoms with Crippen molar-refractivity contribution in [1.82, 2.24) is 4.98 Å². The van der Waals surface area contributed by atoms with Crippen LogP contribution in [0.2, 0.25) is 0 Å². The van der Waals surface area contributed by atoms with Gasteiger partial charge in [-0.1, -0.05) is 48.5 Å². The number of H-pyrrole nitrogens is 1. The zero-order valence-electron chi connectivity index (χ0n) is 11.2. The van der Waals surface area contributed by atoms with Crippen LogP contribution in [0.1, 0.15) is 5.56 Å². The second kappa shape index (κ2) is 5.21. The number of hydrogen-bond donors (Lipinski definition) is 1. The lowest BCUT2D eigenvalue weighted by Crippen LogP contribution is -2.05. The van der Waals surface area contributed by atoms with E-state index in [2.05, 4.69) is 4.98 Å². The molecule has 0 amide bonds. The van der Waals surface area contributed by atoms with Gasteiger partial charge in [-0.15, -0.1) is 0 Å². The number of ether oxygens (including phenoxy) is 1. The molecular weight excluding hydrogens is 250 g/mol. The molecule has 2 aromatic carbocycles. The molecule has 3 heteroatoms. The Morgan fingerprint density at radius 3 is 2.50 bits per heavy atom. The summed E-state index contributed by atoms with van der Waals surface area (Å²) in [6.07, 6.45) is 0.269. The normalized spacial score (nSPS) is 10.7. The molecule has 100 valence electrons. The number of rotatable bonds is 3. The minimum atomic E-state index is -0.230. The number of carbonyl (C=O) groups is 1. The molecule has 0 spiro atoms. The van der Waals surface area contributed by atoms with Crippen LogP contribution >= 0.6 is 0 Å². The van der Waals surface area contributed by atoms with Crippen molar-refractivity contribution in [2.24, 2.45) is 0 Å². The Morgan fingerprint density at radius 2 is 1.75 bits per heavy atom. The van der Waals surface area contributed by atoms with Gasteiger partial charge in [0, 0.05) is 10.9 Å². The molecule has 0 radical (unpaired) electrons. The molecule has 0 bridgehead atoms. The largest absolute Gasteiger partial charge is 0.469 e. The fraction of sp³-hybridized carbons (Fsp3) is 0.118. The van der Waals surface area contributed by atoms with Crippen molar-refractivity contribution in [3.63, 3.8) is 0 Å². The maximum Gasteiger partial charge on any atom is 0.310 e. The van der Waals surface area contributed by atoms with Crippen LogP contribution in [0.3, 0.4) is 0 Å². The minimum Gasteiger partial charge on any atom is -0.469 e. The van der Waals surface area contributed by atoms with E-state index in [-0.39, 0.29) is 12.4 Å². The molecule has 0 aliphatic rings. The third-order valence-electron chi connectivity index (χ3n) is 3.42. The lowest BCUT2D eigenvalue weighted by Gasteiger charge is -2.04. The second-order valence-electron chi connectivity index (χ2n) is 4.64. The third kappa shape index (κ3) is 2.18. The van der Waals surface area contributed by atoms with Crippen molar-refractivity contribution < 1.29 is 9.53 Å². The molecule has 0 saturated carbocycles. The third-order valence-corrected chi connectivity index (χ3v) is 3.42. The van der Waals surface area contributed by atoms with Gasteiger partial charge in [-0.25, -0.2) is 0 Å². The van der Waals surface area contributed by atoms with Crippen molar-refractivity contribution in [2.45, 2.75) is 6.42 Å². The van der Waals surface area contributed by atoms with Crippen LogP contribution in [-0.4, -0.2) is 18.1 Å². The van der Waals surface area contributed by atoms with E-state index in [1.54, 1.807) is 0 Å². The van der Waals surface area contributed by atoms with Gasteiger partial charge in [0.25, 0.3) is 0 Å². The van der Waals surface area contributed by atoms with Crippen LogP contribution in [0.15, 0.2) is 54.6 Å². The fourth-order valence-corrected chi connectivity index (χ4v) is 2.45. The molecule has 0 saturated heterocycles. The number of benzene rings is 2. The van der Waals surface area contributed by atoms with E-state index in [0.717, 1.165) is 27.7 Å². The molecule has 1 N–H and O–H groups in total. The molecule has 0 aliphatic heterocycles. The second-order valence-corrected chi connectivity index (χ2v) is 4.64. The Hall–Kier alpha value is -2.55. The predicted octanol–water partition coefficient (Wildman–Crippen LogP) is 3.55. The van der Waals surface area contributed by atoms with Gasteiger partial charge in [-0.3, -0.25) is 4.79 Å². The van der Waals surface area contributed by atoms with Crippen LogP contribution in [-0.2, 0) is 16.0 Å². The summed E-state index contributed by atoms with van der Waals surface area (Å²) in [6, 6.07) is 18.0. The van der Waals surface area contributed by atoms with Gasteiger partial charge < -0.3 is 9.72 Å². The van der Waals surface area contributed by atoms with Gasteiger partial charge in [0.05, 0.1) is 19.2 Å². The number of carbonyl (C=O) groups excluding carboxylic acids is 1. The monoisotopic (exact) mass is 265 g/mol. The van der Waals surface area contributed by atoms with Crippen LogP contribution in [0.5, 0.6) is 0 Å². The SMILES string of the molecule is COC(=O)Cc1c(-c2ccccc2)[nH]c2ccccc12. The van der Waals surface area contributed by atoms with E-state index in [1.807, 2.05) is 54.6 Å². The van der Waals surface area contributed by atoms with E-state index in [1.165, 1.54) is 7.11 Å². The van der Waals surface area contributed by atoms with E-state index in [9.17, 15) is 4.79 Å². The highest BCUT2D eigenvalue weighted by Crippen LogP contribution is 2.30. The Labute approximate surface area is 117 Å². The summed E-state index contributed by atoms with van der Waals surface area (Å²) in [4.78, 5) is 15.1. The zero-order chi connectivity index (χ0) is 13.9. The highest BCUT2D eigenvalue weighted by atomic mass is 16.5. The molecule has 0 fully saturated rings. The Morgan fingerprint density at radius 1 is 1.05 bits per heavy atom. The molecule has 0 aliphatic carbocycles. The highest BCUT2D eigenvalue weighted by molar-refractivity contribution is 5.94. The first-order valence-corrected chi connectivity index (χ1v) is 6.51. The number of aromatic nitrogens is 1. The quantitative estimate of drug-likeness (QED) is 0.736. The minimum absolute atomic E-state index is 0.230. The molecule has 3 rings (SSSR count). The van der Waals surface area contributed by atoms with Crippen LogP contribution in [0.4, 0.5) is 0 Å². The van der Waals surface area contributed by atoms with E-state index in [4.69, 9.17) is 4.74 Å². The molecule has 20 heavy (non-hydrogen) atoms. The lowest BCUT2D eigenvalue weighted by atomic mass is 10.0. The first-order valence-electron chi connectivity index (χ1n) is 6.51. The van der Waals surface area contributed by atoms with Crippen LogP contribution in [0.25, 0.3) is 22.2 Å². The van der Waals surface area contributed by atoms with Gasteiger partial charge in [0.15, 0.2) is 0 Å². The molecular formula is C17H15NO2. The average Bonchev–Trinajstić information content (AvgIpc) is 2.87. The Bertz CT molecular complexity index is 744. The van der Waals surface area contributed by atoms with Gasteiger partial charge in [-0.2, -0.15) is 0 Å². The summed E-state index contributed by atoms with van der Waals surface area (Å²) >= 11 is 0. The molecule has 3 nitrogen and oxygen atoms in total. The number of hydrogen-bond acceptors (Lipinski definition) is 2. The van der Waals surface area contributed by atoms with Crippen molar-refractivity contribution in [2.75, 3.05) is 7.11 Å². The van der Waals surface area contributed by atoms with Crippen molar-refractivity contribution in [3.8, 4) is 11.3 Å². The van der Waals surface area contributed by atoms with Crippen molar-refractivity contribution >= 4 is 16.9 Å². The zero-order valence-corrected chi connectivity index (χ0v) is 11.2. The molecule has 0 unspecified atom stereocenters.